The second kappa shape index (κ2) is 9.32. The summed E-state index contributed by atoms with van der Waals surface area (Å²) in [6.45, 7) is 2.72. The van der Waals surface area contributed by atoms with Gasteiger partial charge in [0.05, 0.1) is 6.61 Å². The number of halogens is 1. The Morgan fingerprint density at radius 3 is 2.44 bits per heavy atom. The van der Waals surface area contributed by atoms with Crippen LogP contribution in [0.1, 0.15) is 50.0 Å². The standard InChI is InChI=1S/C27H33FN2O2/c28-23-9-5-8-22(16-23)19-10-12-20(13-11-19)26-24-17-29(27(32)21-6-1-2-7-21)14-3-4-15-30(24)25(26)18-31/h5,8-13,16,21,24-26,31H,1-4,6-7,14-15,17-18H2/t24-,25+,26-/m0/s1. The van der Waals surface area contributed by atoms with Gasteiger partial charge in [0, 0.05) is 37.0 Å². The molecule has 2 aliphatic heterocycles. The number of amides is 1. The lowest BCUT2D eigenvalue weighted by Crippen LogP contribution is -2.68. The second-order valence-electron chi connectivity index (χ2n) is 9.69. The quantitative estimate of drug-likeness (QED) is 0.771. The van der Waals surface area contributed by atoms with E-state index < -0.39 is 0 Å². The molecule has 32 heavy (non-hydrogen) atoms. The van der Waals surface area contributed by atoms with E-state index in [9.17, 15) is 14.3 Å². The summed E-state index contributed by atoms with van der Waals surface area (Å²) in [4.78, 5) is 17.7. The minimum Gasteiger partial charge on any atom is -0.395 e. The smallest absolute Gasteiger partial charge is 0.225 e. The van der Waals surface area contributed by atoms with Crippen molar-refractivity contribution in [2.75, 3.05) is 26.2 Å². The Labute approximate surface area is 190 Å². The molecule has 0 radical (unpaired) electrons. The first-order chi connectivity index (χ1) is 15.7. The number of carbonyl (C=O) groups excluding carboxylic acids is 1. The fraction of sp³-hybridized carbons (Fsp3) is 0.519. The van der Waals surface area contributed by atoms with E-state index in [1.807, 2.05) is 18.2 Å². The van der Waals surface area contributed by atoms with E-state index in [2.05, 4.69) is 21.9 Å². The van der Waals surface area contributed by atoms with Crippen LogP contribution in [0.4, 0.5) is 4.39 Å². The Hall–Kier alpha value is -2.24. The van der Waals surface area contributed by atoms with Crippen molar-refractivity contribution in [1.29, 1.82) is 0 Å². The number of fused-ring (bicyclic) bond motifs is 1. The molecule has 3 fully saturated rings. The van der Waals surface area contributed by atoms with Crippen LogP contribution in [0.15, 0.2) is 48.5 Å². The number of carbonyl (C=O) groups is 1. The van der Waals surface area contributed by atoms with E-state index in [1.165, 1.54) is 24.5 Å². The normalized spacial score (nSPS) is 26.8. The molecule has 0 spiro atoms. The highest BCUT2D eigenvalue weighted by Gasteiger charge is 2.49. The molecule has 0 unspecified atom stereocenters. The largest absolute Gasteiger partial charge is 0.395 e. The van der Waals surface area contributed by atoms with E-state index in [1.54, 1.807) is 12.1 Å². The SMILES string of the molecule is O=C(C1CCCC1)N1CCCCN2[C@H](CO)[C@@H](c3ccc(-c4cccc(F)c4)cc3)[C@@H]2C1. The molecule has 2 saturated heterocycles. The van der Waals surface area contributed by atoms with Crippen LogP contribution in [0, 0.1) is 11.7 Å². The third-order valence-electron chi connectivity index (χ3n) is 7.84. The van der Waals surface area contributed by atoms with Gasteiger partial charge < -0.3 is 10.0 Å². The van der Waals surface area contributed by atoms with Crippen molar-refractivity contribution in [3.05, 3.63) is 59.9 Å². The van der Waals surface area contributed by atoms with Crippen LogP contribution >= 0.6 is 0 Å². The molecule has 3 aliphatic rings. The van der Waals surface area contributed by atoms with Gasteiger partial charge in [0.2, 0.25) is 5.91 Å². The van der Waals surface area contributed by atoms with Crippen molar-refractivity contribution in [2.45, 2.75) is 56.5 Å². The molecule has 0 bridgehead atoms. The van der Waals surface area contributed by atoms with E-state index in [4.69, 9.17) is 0 Å². The predicted octanol–water partition coefficient (Wildman–Crippen LogP) is 4.43. The molecule has 1 aliphatic carbocycles. The van der Waals surface area contributed by atoms with Crippen molar-refractivity contribution in [3.8, 4) is 11.1 Å². The highest BCUT2D eigenvalue weighted by atomic mass is 19.1. The number of hydrogen-bond donors (Lipinski definition) is 1. The second-order valence-corrected chi connectivity index (χ2v) is 9.69. The van der Waals surface area contributed by atoms with Crippen LogP contribution in [0.5, 0.6) is 0 Å². The zero-order chi connectivity index (χ0) is 22.1. The molecule has 1 amide bonds. The van der Waals surface area contributed by atoms with Crippen molar-refractivity contribution < 1.29 is 14.3 Å². The molecular formula is C27H33FN2O2. The summed E-state index contributed by atoms with van der Waals surface area (Å²) in [5, 5.41) is 10.2. The Morgan fingerprint density at radius 2 is 1.72 bits per heavy atom. The molecule has 5 rings (SSSR count). The minimum atomic E-state index is -0.233. The van der Waals surface area contributed by atoms with Crippen molar-refractivity contribution in [3.63, 3.8) is 0 Å². The fourth-order valence-corrected chi connectivity index (χ4v) is 6.14. The zero-order valence-electron chi connectivity index (χ0n) is 18.6. The van der Waals surface area contributed by atoms with Gasteiger partial charge in [-0.3, -0.25) is 9.69 Å². The van der Waals surface area contributed by atoms with Gasteiger partial charge in [0.1, 0.15) is 5.82 Å². The van der Waals surface area contributed by atoms with E-state index >= 15 is 0 Å². The number of aliphatic hydroxyl groups excluding tert-OH is 1. The minimum absolute atomic E-state index is 0.0987. The van der Waals surface area contributed by atoms with Gasteiger partial charge in [-0.2, -0.15) is 0 Å². The summed E-state index contributed by atoms with van der Waals surface area (Å²) < 4.78 is 13.6. The lowest BCUT2D eigenvalue weighted by atomic mass is 9.74. The third-order valence-corrected chi connectivity index (χ3v) is 7.84. The Morgan fingerprint density at radius 1 is 0.969 bits per heavy atom. The van der Waals surface area contributed by atoms with Gasteiger partial charge >= 0.3 is 0 Å². The lowest BCUT2D eigenvalue weighted by Gasteiger charge is -2.57. The average molecular weight is 437 g/mol. The highest BCUT2D eigenvalue weighted by Crippen LogP contribution is 2.42. The number of rotatable bonds is 4. The van der Waals surface area contributed by atoms with E-state index in [0.717, 1.165) is 56.4 Å². The van der Waals surface area contributed by atoms with Crippen molar-refractivity contribution in [2.24, 2.45) is 5.92 Å². The summed E-state index contributed by atoms with van der Waals surface area (Å²) in [6, 6.07) is 15.3. The number of benzene rings is 2. The van der Waals surface area contributed by atoms with Crippen LogP contribution in [-0.4, -0.2) is 59.1 Å². The molecule has 4 nitrogen and oxygen atoms in total. The summed E-state index contributed by atoms with van der Waals surface area (Å²) in [5.74, 6) is 0.527. The number of nitrogens with zero attached hydrogens (tertiary/aromatic N) is 2. The predicted molar refractivity (Wildman–Crippen MR) is 124 cm³/mol. The first kappa shape index (κ1) is 21.6. The maximum absolute atomic E-state index is 13.6. The zero-order valence-corrected chi connectivity index (χ0v) is 18.6. The molecule has 2 aromatic rings. The average Bonchev–Trinajstić information content (AvgIpc) is 3.33. The van der Waals surface area contributed by atoms with Crippen molar-refractivity contribution in [1.82, 2.24) is 9.80 Å². The van der Waals surface area contributed by atoms with Gasteiger partial charge in [-0.25, -0.2) is 4.39 Å². The van der Waals surface area contributed by atoms with Crippen LogP contribution in [-0.2, 0) is 4.79 Å². The Balaban J connectivity index is 1.37. The maximum Gasteiger partial charge on any atom is 0.225 e. The van der Waals surface area contributed by atoms with Gasteiger partial charge in [-0.15, -0.1) is 0 Å². The van der Waals surface area contributed by atoms with Gasteiger partial charge in [0.15, 0.2) is 0 Å². The molecular weight excluding hydrogens is 403 g/mol. The summed E-state index contributed by atoms with van der Waals surface area (Å²) in [6.07, 6.45) is 6.51. The highest BCUT2D eigenvalue weighted by molar-refractivity contribution is 5.79. The summed E-state index contributed by atoms with van der Waals surface area (Å²) >= 11 is 0. The van der Waals surface area contributed by atoms with Crippen LogP contribution in [0.3, 0.4) is 0 Å². The first-order valence-electron chi connectivity index (χ1n) is 12.2. The van der Waals surface area contributed by atoms with E-state index in [-0.39, 0.29) is 36.3 Å². The molecule has 1 N–H and O–H groups in total. The molecule has 170 valence electrons. The maximum atomic E-state index is 13.6. The molecule has 1 saturated carbocycles. The van der Waals surface area contributed by atoms with Crippen LogP contribution < -0.4 is 0 Å². The number of hydrogen-bond acceptors (Lipinski definition) is 3. The molecule has 5 heteroatoms. The Kier molecular flexibility index (Phi) is 6.29. The summed E-state index contributed by atoms with van der Waals surface area (Å²) in [7, 11) is 0. The monoisotopic (exact) mass is 436 g/mol. The molecule has 0 aromatic heterocycles. The van der Waals surface area contributed by atoms with Gasteiger partial charge in [0.25, 0.3) is 0 Å². The molecule has 3 atom stereocenters. The molecule has 2 heterocycles. The topological polar surface area (TPSA) is 43.8 Å². The van der Waals surface area contributed by atoms with Gasteiger partial charge in [-0.05, 0) is 61.1 Å². The van der Waals surface area contributed by atoms with Crippen molar-refractivity contribution >= 4 is 5.91 Å². The lowest BCUT2D eigenvalue weighted by molar-refractivity contribution is -0.140. The number of aliphatic hydroxyl groups is 1. The first-order valence-corrected chi connectivity index (χ1v) is 12.2. The Bertz CT molecular complexity index is 941. The molecule has 2 aromatic carbocycles. The van der Waals surface area contributed by atoms with Crippen LogP contribution in [0.25, 0.3) is 11.1 Å². The fourth-order valence-electron chi connectivity index (χ4n) is 6.14. The van der Waals surface area contributed by atoms with Crippen LogP contribution in [0.2, 0.25) is 0 Å². The third kappa shape index (κ3) is 4.08. The van der Waals surface area contributed by atoms with Gasteiger partial charge in [-0.1, -0.05) is 49.2 Å². The summed E-state index contributed by atoms with van der Waals surface area (Å²) in [5.41, 5.74) is 3.05. The van der Waals surface area contributed by atoms with E-state index in [0.29, 0.717) is 5.91 Å².